The highest BCUT2D eigenvalue weighted by molar-refractivity contribution is 5.85. The average molecular weight is 273 g/mol. The van der Waals surface area contributed by atoms with Crippen LogP contribution in [0.5, 0.6) is 0 Å². The summed E-state index contributed by atoms with van der Waals surface area (Å²) in [6, 6.07) is 6.77. The Kier molecular flexibility index (Phi) is 3.19. The second-order valence-electron chi connectivity index (χ2n) is 5.40. The van der Waals surface area contributed by atoms with Gasteiger partial charge in [0, 0.05) is 18.9 Å². The van der Waals surface area contributed by atoms with Crippen molar-refractivity contribution in [3.8, 4) is 0 Å². The van der Waals surface area contributed by atoms with Crippen LogP contribution < -0.4 is 0 Å². The number of allylic oxidation sites excluding steroid dienone is 1. The van der Waals surface area contributed by atoms with Gasteiger partial charge >= 0.3 is 0 Å². The van der Waals surface area contributed by atoms with Gasteiger partial charge in [-0.05, 0) is 47.4 Å². The number of rotatable bonds is 2. The molecular weight excluding hydrogens is 256 g/mol. The molecule has 1 aromatic carbocycles. The molecule has 0 saturated carbocycles. The molecule has 0 radical (unpaired) electrons. The monoisotopic (exact) mass is 272 g/mol. The highest BCUT2D eigenvalue weighted by Crippen LogP contribution is 2.43. The minimum Gasteiger partial charge on any atom is -0.333 e. The Morgan fingerprint density at radius 1 is 1.32 bits per heavy atom. The molecule has 4 rings (SSSR count). The van der Waals surface area contributed by atoms with Crippen LogP contribution in [0.4, 0.5) is 0 Å². The molecule has 0 fully saturated rings. The molecule has 2 aliphatic carbocycles. The second kappa shape index (κ2) is 4.86. The van der Waals surface area contributed by atoms with Crippen LogP contribution >= 0.6 is 12.4 Å². The van der Waals surface area contributed by atoms with E-state index >= 15 is 0 Å². The molecule has 0 amide bonds. The minimum atomic E-state index is 0. The van der Waals surface area contributed by atoms with Crippen LogP contribution in [0.2, 0.25) is 0 Å². The highest BCUT2D eigenvalue weighted by atomic mass is 35.5. The van der Waals surface area contributed by atoms with E-state index in [2.05, 4.69) is 33.8 Å². The zero-order valence-corrected chi connectivity index (χ0v) is 11.6. The smallest absolute Gasteiger partial charge is 0.0948 e. The standard InChI is InChI=1S/C16H16N2.ClH/c1-2-13-4-5-15-9-12(8-14(3-1)16(13)15)10-18-7-6-17-11-18;/h1-3,6-8,11,15H,4-5,9-10H2;1H. The van der Waals surface area contributed by atoms with E-state index in [4.69, 9.17) is 0 Å². The van der Waals surface area contributed by atoms with Crippen molar-refractivity contribution in [3.05, 3.63) is 59.2 Å². The lowest BCUT2D eigenvalue weighted by atomic mass is 9.84. The van der Waals surface area contributed by atoms with Gasteiger partial charge in [-0.3, -0.25) is 0 Å². The van der Waals surface area contributed by atoms with Crippen LogP contribution in [-0.2, 0) is 13.0 Å². The van der Waals surface area contributed by atoms with Gasteiger partial charge in [0.25, 0.3) is 0 Å². The van der Waals surface area contributed by atoms with Crippen LogP contribution in [0, 0.1) is 0 Å². The first kappa shape index (κ1) is 12.5. The Labute approximate surface area is 119 Å². The number of benzene rings is 1. The number of hydrogen-bond acceptors (Lipinski definition) is 1. The van der Waals surface area contributed by atoms with Crippen molar-refractivity contribution in [3.63, 3.8) is 0 Å². The molecule has 0 spiro atoms. The van der Waals surface area contributed by atoms with Crippen LogP contribution in [-0.4, -0.2) is 9.55 Å². The van der Waals surface area contributed by atoms with E-state index < -0.39 is 0 Å². The molecule has 2 aliphatic rings. The molecule has 0 aliphatic heterocycles. The Bertz CT molecular complexity index is 614. The summed E-state index contributed by atoms with van der Waals surface area (Å²) in [5, 5.41) is 0. The molecule has 0 bridgehead atoms. The number of imidazole rings is 1. The SMILES string of the molecule is C1=C(Cn2ccnc2)CC2CCc3cccc1c32.Cl. The topological polar surface area (TPSA) is 17.8 Å². The summed E-state index contributed by atoms with van der Waals surface area (Å²) in [5.41, 5.74) is 6.20. The van der Waals surface area contributed by atoms with Gasteiger partial charge in [0.05, 0.1) is 6.33 Å². The van der Waals surface area contributed by atoms with Crippen LogP contribution in [0.15, 0.2) is 42.5 Å². The summed E-state index contributed by atoms with van der Waals surface area (Å²) in [5.74, 6) is 0.764. The Morgan fingerprint density at radius 2 is 2.26 bits per heavy atom. The zero-order chi connectivity index (χ0) is 11.9. The van der Waals surface area contributed by atoms with E-state index in [1.165, 1.54) is 30.4 Å². The van der Waals surface area contributed by atoms with Gasteiger partial charge in [-0.1, -0.05) is 24.3 Å². The third-order valence-corrected chi connectivity index (χ3v) is 4.21. The predicted molar refractivity (Wildman–Crippen MR) is 79.6 cm³/mol. The van der Waals surface area contributed by atoms with Gasteiger partial charge in [0.2, 0.25) is 0 Å². The Hall–Kier alpha value is -1.54. The molecule has 2 aromatic rings. The van der Waals surface area contributed by atoms with Crippen molar-refractivity contribution in [2.45, 2.75) is 31.7 Å². The van der Waals surface area contributed by atoms with E-state index in [9.17, 15) is 0 Å². The normalized spacial score (nSPS) is 19.6. The lowest BCUT2D eigenvalue weighted by molar-refractivity contribution is 0.628. The number of hydrogen-bond donors (Lipinski definition) is 0. The van der Waals surface area contributed by atoms with E-state index in [-0.39, 0.29) is 12.4 Å². The average Bonchev–Trinajstić information content (AvgIpc) is 3.01. The van der Waals surface area contributed by atoms with Gasteiger partial charge < -0.3 is 4.57 Å². The van der Waals surface area contributed by atoms with E-state index in [1.807, 2.05) is 18.7 Å². The fourth-order valence-electron chi connectivity index (χ4n) is 3.47. The fraction of sp³-hybridized carbons (Fsp3) is 0.312. The maximum Gasteiger partial charge on any atom is 0.0948 e. The Morgan fingerprint density at radius 3 is 3.11 bits per heavy atom. The first-order valence-corrected chi connectivity index (χ1v) is 6.67. The summed E-state index contributed by atoms with van der Waals surface area (Å²) in [7, 11) is 0. The van der Waals surface area contributed by atoms with Crippen molar-refractivity contribution in [1.82, 2.24) is 9.55 Å². The Balaban J connectivity index is 0.00000110. The number of aromatic nitrogens is 2. The third kappa shape index (κ3) is 2.10. The second-order valence-corrected chi connectivity index (χ2v) is 5.40. The molecule has 1 unspecified atom stereocenters. The maximum atomic E-state index is 4.12. The lowest BCUT2D eigenvalue weighted by Crippen LogP contribution is -2.08. The van der Waals surface area contributed by atoms with Gasteiger partial charge in [0.15, 0.2) is 0 Å². The van der Waals surface area contributed by atoms with Gasteiger partial charge in [0.1, 0.15) is 0 Å². The summed E-state index contributed by atoms with van der Waals surface area (Å²) < 4.78 is 2.16. The van der Waals surface area contributed by atoms with E-state index in [1.54, 1.807) is 11.1 Å². The fourth-order valence-corrected chi connectivity index (χ4v) is 3.47. The third-order valence-electron chi connectivity index (χ3n) is 4.21. The van der Waals surface area contributed by atoms with Crippen LogP contribution in [0.25, 0.3) is 6.08 Å². The van der Waals surface area contributed by atoms with Crippen LogP contribution in [0.1, 0.15) is 35.4 Å². The molecule has 1 heterocycles. The lowest BCUT2D eigenvalue weighted by Gasteiger charge is -2.22. The molecule has 1 aromatic heterocycles. The summed E-state index contributed by atoms with van der Waals surface area (Å²) >= 11 is 0. The van der Waals surface area contributed by atoms with E-state index in [0.29, 0.717) is 0 Å². The summed E-state index contributed by atoms with van der Waals surface area (Å²) in [6.45, 7) is 0.986. The molecular formula is C16H17ClN2. The molecule has 1 atom stereocenters. The summed E-state index contributed by atoms with van der Waals surface area (Å²) in [6.07, 6.45) is 12.0. The van der Waals surface area contributed by atoms with Crippen molar-refractivity contribution in [2.24, 2.45) is 0 Å². The summed E-state index contributed by atoms with van der Waals surface area (Å²) in [4.78, 5) is 4.12. The van der Waals surface area contributed by atoms with Gasteiger partial charge in [-0.15, -0.1) is 12.4 Å². The zero-order valence-electron chi connectivity index (χ0n) is 10.7. The predicted octanol–water partition coefficient (Wildman–Crippen LogP) is 3.82. The van der Waals surface area contributed by atoms with Crippen molar-refractivity contribution >= 4 is 18.5 Å². The van der Waals surface area contributed by atoms with Gasteiger partial charge in [-0.2, -0.15) is 0 Å². The van der Waals surface area contributed by atoms with Crippen molar-refractivity contribution < 1.29 is 0 Å². The largest absolute Gasteiger partial charge is 0.333 e. The van der Waals surface area contributed by atoms with Gasteiger partial charge in [-0.25, -0.2) is 4.98 Å². The number of nitrogens with zero attached hydrogens (tertiary/aromatic N) is 2. The number of aryl methyl sites for hydroxylation is 1. The molecule has 0 saturated heterocycles. The van der Waals surface area contributed by atoms with Crippen molar-refractivity contribution in [1.29, 1.82) is 0 Å². The molecule has 0 N–H and O–H groups in total. The molecule has 2 nitrogen and oxygen atoms in total. The number of halogens is 1. The van der Waals surface area contributed by atoms with Crippen molar-refractivity contribution in [2.75, 3.05) is 0 Å². The molecule has 98 valence electrons. The first-order chi connectivity index (χ1) is 8.90. The molecule has 19 heavy (non-hydrogen) atoms. The first-order valence-electron chi connectivity index (χ1n) is 6.67. The van der Waals surface area contributed by atoms with Crippen LogP contribution in [0.3, 0.4) is 0 Å². The van der Waals surface area contributed by atoms with E-state index in [0.717, 1.165) is 12.5 Å². The molecule has 3 heteroatoms. The maximum absolute atomic E-state index is 4.12. The highest BCUT2D eigenvalue weighted by Gasteiger charge is 2.28. The quantitative estimate of drug-likeness (QED) is 0.813. The minimum absolute atomic E-state index is 0.